The molecule has 3 aliphatic heterocycles. The zero-order valence-electron chi connectivity index (χ0n) is 16.2. The minimum absolute atomic E-state index is 0.0622. The van der Waals surface area contributed by atoms with E-state index in [9.17, 15) is 9.90 Å². The summed E-state index contributed by atoms with van der Waals surface area (Å²) in [6.45, 7) is 2.17. The second-order valence-electron chi connectivity index (χ2n) is 7.62. The van der Waals surface area contributed by atoms with E-state index in [0.717, 1.165) is 31.2 Å². The van der Waals surface area contributed by atoms with Crippen LogP contribution in [-0.4, -0.2) is 71.7 Å². The highest BCUT2D eigenvalue weighted by Gasteiger charge is 2.62. The standard InChI is InChI=1S/C17H21NO4.C4H10O/c1-18-13-7-11(8-14(18)16-15(13)22-16)21-17(20)12(9-19)10-5-3-2-4-6-10;1-2-3-4-5/h2-6,11-16,19H,7-9H2,1H3;5H,2-4H2,1H3/t11?,12-,13-,14+,15-,16+;/m1./s1. The second-order valence-corrected chi connectivity index (χ2v) is 7.62. The van der Waals surface area contributed by atoms with Crippen LogP contribution in [0.15, 0.2) is 30.3 Å². The molecule has 2 bridgehead atoms. The SMILES string of the molecule is CCCCO.CN1[C@@H]2CC(OC(=O)[C@H](CO)c3ccccc3)C[C@H]1[C@@H]1O[C@@H]12. The van der Waals surface area contributed by atoms with Crippen molar-refractivity contribution in [3.63, 3.8) is 0 Å². The Morgan fingerprint density at radius 1 is 1.22 bits per heavy atom. The Bertz CT molecular complexity index is 590. The summed E-state index contributed by atoms with van der Waals surface area (Å²) < 4.78 is 11.4. The molecule has 150 valence electrons. The van der Waals surface area contributed by atoms with Crippen molar-refractivity contribution in [3.05, 3.63) is 35.9 Å². The number of hydrogen-bond donors (Lipinski definition) is 2. The van der Waals surface area contributed by atoms with E-state index in [1.165, 1.54) is 0 Å². The fraction of sp³-hybridized carbons (Fsp3) is 0.667. The van der Waals surface area contributed by atoms with E-state index < -0.39 is 5.92 Å². The lowest BCUT2D eigenvalue weighted by molar-refractivity contribution is -0.156. The van der Waals surface area contributed by atoms with Gasteiger partial charge in [-0.15, -0.1) is 0 Å². The summed E-state index contributed by atoms with van der Waals surface area (Å²) in [5.74, 6) is -0.915. The molecular formula is C21H31NO5. The molecule has 3 aliphatic rings. The van der Waals surface area contributed by atoms with Crippen molar-refractivity contribution in [2.45, 2.75) is 68.9 Å². The molecule has 0 radical (unpaired) electrons. The topological polar surface area (TPSA) is 82.5 Å². The number of aliphatic hydroxyl groups is 2. The number of carbonyl (C=O) groups excluding carboxylic acids is 1. The molecule has 0 aromatic heterocycles. The average Bonchev–Trinajstić information content (AvgIpc) is 3.43. The van der Waals surface area contributed by atoms with E-state index in [0.29, 0.717) is 30.9 Å². The molecule has 4 rings (SSSR count). The number of carbonyl (C=O) groups is 1. The fourth-order valence-corrected chi connectivity index (χ4v) is 4.20. The van der Waals surface area contributed by atoms with Gasteiger partial charge in [0.25, 0.3) is 0 Å². The number of benzene rings is 1. The van der Waals surface area contributed by atoms with Crippen LogP contribution in [0.4, 0.5) is 0 Å². The van der Waals surface area contributed by atoms with Crippen molar-refractivity contribution in [1.29, 1.82) is 0 Å². The van der Waals surface area contributed by atoms with Gasteiger partial charge in [0.15, 0.2) is 0 Å². The highest BCUT2D eigenvalue weighted by molar-refractivity contribution is 5.78. The summed E-state index contributed by atoms with van der Waals surface area (Å²) >= 11 is 0. The summed E-state index contributed by atoms with van der Waals surface area (Å²) in [7, 11) is 2.13. The molecule has 0 aliphatic carbocycles. The van der Waals surface area contributed by atoms with Crippen LogP contribution in [0.5, 0.6) is 0 Å². The summed E-state index contributed by atoms with van der Waals surface area (Å²) in [6.07, 6.45) is 4.30. The van der Waals surface area contributed by atoms with E-state index in [2.05, 4.69) is 18.9 Å². The Kier molecular flexibility index (Phi) is 6.87. The molecule has 3 heterocycles. The number of epoxide rings is 1. The van der Waals surface area contributed by atoms with E-state index in [1.807, 2.05) is 30.3 Å². The molecule has 6 nitrogen and oxygen atoms in total. The van der Waals surface area contributed by atoms with Crippen molar-refractivity contribution in [3.8, 4) is 0 Å². The van der Waals surface area contributed by atoms with Gasteiger partial charge in [0, 0.05) is 31.5 Å². The Labute approximate surface area is 161 Å². The lowest BCUT2D eigenvalue weighted by atomic mass is 9.97. The largest absolute Gasteiger partial charge is 0.462 e. The van der Waals surface area contributed by atoms with E-state index in [-0.39, 0.29) is 18.7 Å². The molecule has 0 amide bonds. The van der Waals surface area contributed by atoms with Crippen molar-refractivity contribution >= 4 is 5.97 Å². The number of nitrogens with zero attached hydrogens (tertiary/aromatic N) is 1. The van der Waals surface area contributed by atoms with Crippen LogP contribution in [0.3, 0.4) is 0 Å². The molecule has 6 atom stereocenters. The Morgan fingerprint density at radius 2 is 1.85 bits per heavy atom. The molecule has 3 fully saturated rings. The highest BCUT2D eigenvalue weighted by Crippen LogP contribution is 2.48. The van der Waals surface area contributed by atoms with Gasteiger partial charge in [-0.25, -0.2) is 0 Å². The van der Waals surface area contributed by atoms with Crippen LogP contribution in [0, 0.1) is 0 Å². The number of hydrogen-bond acceptors (Lipinski definition) is 6. The molecular weight excluding hydrogens is 346 g/mol. The maximum atomic E-state index is 12.4. The lowest BCUT2D eigenvalue weighted by Crippen LogP contribution is -2.48. The Hall–Kier alpha value is -1.47. The molecule has 2 N–H and O–H groups in total. The van der Waals surface area contributed by atoms with Crippen molar-refractivity contribution < 1.29 is 24.5 Å². The highest BCUT2D eigenvalue weighted by atomic mass is 16.6. The number of morpholine rings is 1. The zero-order valence-corrected chi connectivity index (χ0v) is 16.2. The summed E-state index contributed by atoms with van der Waals surface area (Å²) in [5.41, 5.74) is 0.803. The predicted octanol–water partition coefficient (Wildman–Crippen LogP) is 1.70. The molecule has 1 unspecified atom stereocenters. The van der Waals surface area contributed by atoms with Crippen molar-refractivity contribution in [2.24, 2.45) is 0 Å². The van der Waals surface area contributed by atoms with Gasteiger partial charge < -0.3 is 19.7 Å². The molecule has 27 heavy (non-hydrogen) atoms. The van der Waals surface area contributed by atoms with Gasteiger partial charge in [0.05, 0.1) is 6.61 Å². The van der Waals surface area contributed by atoms with Crippen molar-refractivity contribution in [2.75, 3.05) is 20.3 Å². The molecule has 3 saturated heterocycles. The molecule has 0 saturated carbocycles. The predicted molar refractivity (Wildman–Crippen MR) is 101 cm³/mol. The van der Waals surface area contributed by atoms with Gasteiger partial charge in [0.1, 0.15) is 24.2 Å². The van der Waals surface area contributed by atoms with Gasteiger partial charge in [-0.05, 0) is 19.0 Å². The first-order valence-corrected chi connectivity index (χ1v) is 9.95. The molecule has 0 spiro atoms. The van der Waals surface area contributed by atoms with Gasteiger partial charge in [-0.2, -0.15) is 0 Å². The smallest absolute Gasteiger partial charge is 0.316 e. The van der Waals surface area contributed by atoms with E-state index >= 15 is 0 Å². The number of fused-ring (bicyclic) bond motifs is 5. The zero-order chi connectivity index (χ0) is 19.4. The number of aliphatic hydroxyl groups excluding tert-OH is 2. The summed E-state index contributed by atoms with van der Waals surface area (Å²) in [5, 5.41) is 17.6. The van der Waals surface area contributed by atoms with E-state index in [1.54, 1.807) is 0 Å². The Balaban J connectivity index is 0.000000376. The maximum Gasteiger partial charge on any atom is 0.316 e. The van der Waals surface area contributed by atoms with Crippen LogP contribution < -0.4 is 0 Å². The molecule has 1 aromatic rings. The first-order chi connectivity index (χ1) is 13.1. The number of rotatable bonds is 6. The lowest BCUT2D eigenvalue weighted by Gasteiger charge is -2.38. The number of piperidine rings is 1. The normalized spacial score (nSPS) is 32.1. The maximum absolute atomic E-state index is 12.4. The monoisotopic (exact) mass is 377 g/mol. The van der Waals surface area contributed by atoms with Crippen LogP contribution >= 0.6 is 0 Å². The third kappa shape index (κ3) is 4.51. The van der Waals surface area contributed by atoms with Crippen LogP contribution in [0.25, 0.3) is 0 Å². The first-order valence-electron chi connectivity index (χ1n) is 9.95. The number of unbranched alkanes of at least 4 members (excludes halogenated alkanes) is 1. The quantitative estimate of drug-likeness (QED) is 0.580. The molecule has 1 aromatic carbocycles. The molecule has 6 heteroatoms. The third-order valence-electron chi connectivity index (χ3n) is 5.84. The minimum atomic E-state index is -0.593. The van der Waals surface area contributed by atoms with E-state index in [4.69, 9.17) is 14.6 Å². The van der Waals surface area contributed by atoms with Crippen LogP contribution in [-0.2, 0) is 14.3 Å². The van der Waals surface area contributed by atoms with Crippen LogP contribution in [0.1, 0.15) is 44.1 Å². The van der Waals surface area contributed by atoms with Gasteiger partial charge >= 0.3 is 5.97 Å². The number of ether oxygens (including phenoxy) is 2. The summed E-state index contributed by atoms with van der Waals surface area (Å²) in [4.78, 5) is 14.8. The van der Waals surface area contributed by atoms with Gasteiger partial charge in [-0.1, -0.05) is 43.7 Å². The number of esters is 1. The van der Waals surface area contributed by atoms with Gasteiger partial charge in [0.2, 0.25) is 0 Å². The fourth-order valence-electron chi connectivity index (χ4n) is 4.20. The second kappa shape index (κ2) is 9.15. The van der Waals surface area contributed by atoms with Crippen LogP contribution in [0.2, 0.25) is 0 Å². The summed E-state index contributed by atoms with van der Waals surface area (Å²) in [6, 6.07) is 10.1. The Morgan fingerprint density at radius 3 is 2.33 bits per heavy atom. The number of likely N-dealkylation sites (N-methyl/N-ethyl adjacent to an activating group) is 1. The third-order valence-corrected chi connectivity index (χ3v) is 5.84. The van der Waals surface area contributed by atoms with Gasteiger partial charge in [-0.3, -0.25) is 9.69 Å². The minimum Gasteiger partial charge on any atom is -0.462 e. The first kappa shape index (κ1) is 20.3. The average molecular weight is 377 g/mol. The van der Waals surface area contributed by atoms with Crippen molar-refractivity contribution in [1.82, 2.24) is 4.90 Å².